The molecule has 0 saturated carbocycles. The Kier molecular flexibility index (Phi) is 3.86. The van der Waals surface area contributed by atoms with Gasteiger partial charge in [0.15, 0.2) is 16.6 Å². The van der Waals surface area contributed by atoms with Crippen LogP contribution in [0, 0.1) is 11.7 Å². The molecule has 1 saturated heterocycles. The highest BCUT2D eigenvalue weighted by molar-refractivity contribution is 7.22. The summed E-state index contributed by atoms with van der Waals surface area (Å²) >= 11 is 1.44. The summed E-state index contributed by atoms with van der Waals surface area (Å²) < 4.78 is 25.6. The van der Waals surface area contributed by atoms with Crippen molar-refractivity contribution >= 4 is 38.3 Å². The van der Waals surface area contributed by atoms with Crippen molar-refractivity contribution in [1.82, 2.24) is 4.98 Å². The highest BCUT2D eigenvalue weighted by Gasteiger charge is 2.34. The maximum atomic E-state index is 13.8. The van der Waals surface area contributed by atoms with Crippen molar-refractivity contribution in [2.75, 3.05) is 36.5 Å². The molecule has 3 aromatic rings. The number of anilines is 2. The van der Waals surface area contributed by atoms with Gasteiger partial charge in [-0.3, -0.25) is 4.79 Å². The fourth-order valence-corrected chi connectivity index (χ4v) is 4.20. The Morgan fingerprint density at radius 1 is 1.19 bits per heavy atom. The minimum absolute atomic E-state index is 0.0461. The summed E-state index contributed by atoms with van der Waals surface area (Å²) in [7, 11) is 0. The first-order valence-electron chi connectivity index (χ1n) is 8.68. The summed E-state index contributed by atoms with van der Waals surface area (Å²) in [5, 5.41) is 3.67. The molecule has 0 unspecified atom stereocenters. The van der Waals surface area contributed by atoms with Crippen molar-refractivity contribution in [3.05, 3.63) is 42.2 Å². The minimum atomic E-state index is -0.316. The summed E-state index contributed by atoms with van der Waals surface area (Å²) in [6, 6.07) is 10.3. The molecule has 138 valence electrons. The van der Waals surface area contributed by atoms with Crippen molar-refractivity contribution in [2.24, 2.45) is 5.92 Å². The Hall–Kier alpha value is -2.87. The maximum absolute atomic E-state index is 13.8. The van der Waals surface area contributed by atoms with E-state index in [-0.39, 0.29) is 17.6 Å². The molecule has 5 rings (SSSR count). The second-order valence-electron chi connectivity index (χ2n) is 6.53. The Labute approximate surface area is 158 Å². The standard InChI is InChI=1S/C19H16FN3O3S/c20-13-2-1-3-16-17(13)22-19(27-16)23-9-11(10-23)18(24)21-12-4-5-14-15(8-12)26-7-6-25-14/h1-5,8,11H,6-7,9-10H2,(H,21,24). The van der Waals surface area contributed by atoms with Crippen LogP contribution in [0.5, 0.6) is 11.5 Å². The molecule has 2 aliphatic heterocycles. The minimum Gasteiger partial charge on any atom is -0.486 e. The van der Waals surface area contributed by atoms with Gasteiger partial charge in [0.05, 0.1) is 10.6 Å². The number of thiazole rings is 1. The van der Waals surface area contributed by atoms with Crippen LogP contribution < -0.4 is 19.7 Å². The lowest BCUT2D eigenvalue weighted by atomic mass is 10.00. The predicted octanol–water partition coefficient (Wildman–Crippen LogP) is 3.28. The zero-order valence-electron chi connectivity index (χ0n) is 14.3. The number of halogens is 1. The Morgan fingerprint density at radius 3 is 2.81 bits per heavy atom. The summed E-state index contributed by atoms with van der Waals surface area (Å²) in [4.78, 5) is 18.8. The first kappa shape index (κ1) is 16.3. The van der Waals surface area contributed by atoms with Gasteiger partial charge in [0.2, 0.25) is 5.91 Å². The first-order chi connectivity index (χ1) is 13.2. The van der Waals surface area contributed by atoms with E-state index in [0.717, 1.165) is 9.83 Å². The molecule has 0 spiro atoms. The number of carbonyl (C=O) groups is 1. The van der Waals surface area contributed by atoms with E-state index in [1.165, 1.54) is 17.4 Å². The third kappa shape index (κ3) is 2.95. The number of hydrogen-bond donors (Lipinski definition) is 1. The molecule has 0 atom stereocenters. The van der Waals surface area contributed by atoms with E-state index in [2.05, 4.69) is 10.3 Å². The van der Waals surface area contributed by atoms with Gasteiger partial charge in [-0.1, -0.05) is 17.4 Å². The predicted molar refractivity (Wildman–Crippen MR) is 101 cm³/mol. The highest BCUT2D eigenvalue weighted by atomic mass is 32.1. The van der Waals surface area contributed by atoms with Crippen molar-refractivity contribution in [2.45, 2.75) is 0 Å². The number of fused-ring (bicyclic) bond motifs is 2. The van der Waals surface area contributed by atoms with E-state index in [0.29, 0.717) is 49.0 Å². The van der Waals surface area contributed by atoms with Crippen LogP contribution in [-0.4, -0.2) is 37.2 Å². The largest absolute Gasteiger partial charge is 0.486 e. The van der Waals surface area contributed by atoms with E-state index in [1.807, 2.05) is 11.0 Å². The molecular weight excluding hydrogens is 369 g/mol. The number of nitrogens with one attached hydrogen (secondary N) is 1. The number of ether oxygens (including phenoxy) is 2. The Balaban J connectivity index is 1.23. The van der Waals surface area contributed by atoms with Crippen LogP contribution in [0.3, 0.4) is 0 Å². The molecule has 1 aromatic heterocycles. The molecule has 0 aliphatic carbocycles. The van der Waals surface area contributed by atoms with Crippen molar-refractivity contribution < 1.29 is 18.7 Å². The third-order valence-corrected chi connectivity index (χ3v) is 5.77. The van der Waals surface area contributed by atoms with Gasteiger partial charge in [0.1, 0.15) is 24.5 Å². The van der Waals surface area contributed by atoms with Gasteiger partial charge in [-0.25, -0.2) is 9.37 Å². The average molecular weight is 385 g/mol. The normalized spacial score (nSPS) is 16.3. The molecule has 8 heteroatoms. The number of para-hydroxylation sites is 1. The number of rotatable bonds is 3. The van der Waals surface area contributed by atoms with E-state index < -0.39 is 0 Å². The molecule has 3 heterocycles. The number of benzene rings is 2. The summed E-state index contributed by atoms with van der Waals surface area (Å²) in [6.45, 7) is 2.17. The van der Waals surface area contributed by atoms with Gasteiger partial charge >= 0.3 is 0 Å². The molecule has 1 N–H and O–H groups in total. The van der Waals surface area contributed by atoms with Crippen LogP contribution in [0.25, 0.3) is 10.2 Å². The van der Waals surface area contributed by atoms with Gasteiger partial charge in [-0.05, 0) is 24.3 Å². The lowest BCUT2D eigenvalue weighted by Crippen LogP contribution is -2.52. The fraction of sp³-hybridized carbons (Fsp3) is 0.263. The molecular formula is C19H16FN3O3S. The summed E-state index contributed by atoms with van der Waals surface area (Å²) in [5.74, 6) is 0.844. The van der Waals surface area contributed by atoms with Gasteiger partial charge < -0.3 is 19.7 Å². The topological polar surface area (TPSA) is 63.7 Å². The zero-order valence-corrected chi connectivity index (χ0v) is 15.1. The number of hydrogen-bond acceptors (Lipinski definition) is 6. The molecule has 1 fully saturated rings. The van der Waals surface area contributed by atoms with Crippen molar-refractivity contribution in [3.8, 4) is 11.5 Å². The average Bonchev–Trinajstić information content (AvgIpc) is 3.05. The summed E-state index contributed by atoms with van der Waals surface area (Å²) in [6.07, 6.45) is 0. The van der Waals surface area contributed by atoms with Gasteiger partial charge in [0, 0.05) is 24.8 Å². The number of amides is 1. The smallest absolute Gasteiger partial charge is 0.231 e. The van der Waals surface area contributed by atoms with Gasteiger partial charge in [-0.2, -0.15) is 0 Å². The van der Waals surface area contributed by atoms with Crippen LogP contribution in [0.2, 0.25) is 0 Å². The van der Waals surface area contributed by atoms with Crippen LogP contribution >= 0.6 is 11.3 Å². The van der Waals surface area contributed by atoms with Crippen LogP contribution in [-0.2, 0) is 4.79 Å². The second-order valence-corrected chi connectivity index (χ2v) is 7.54. The lowest BCUT2D eigenvalue weighted by Gasteiger charge is -2.37. The molecule has 6 nitrogen and oxygen atoms in total. The molecule has 0 bridgehead atoms. The Bertz CT molecular complexity index is 1030. The van der Waals surface area contributed by atoms with Crippen molar-refractivity contribution in [3.63, 3.8) is 0 Å². The van der Waals surface area contributed by atoms with E-state index in [9.17, 15) is 9.18 Å². The van der Waals surface area contributed by atoms with Gasteiger partial charge in [0.25, 0.3) is 0 Å². The summed E-state index contributed by atoms with van der Waals surface area (Å²) in [5.41, 5.74) is 1.08. The Morgan fingerprint density at radius 2 is 2.00 bits per heavy atom. The molecule has 2 aliphatic rings. The SMILES string of the molecule is O=C(Nc1ccc2c(c1)OCCO2)C1CN(c2nc3c(F)cccc3s2)C1. The van der Waals surface area contributed by atoms with Crippen LogP contribution in [0.15, 0.2) is 36.4 Å². The quantitative estimate of drug-likeness (QED) is 0.750. The monoisotopic (exact) mass is 385 g/mol. The van der Waals surface area contributed by atoms with E-state index >= 15 is 0 Å². The van der Waals surface area contributed by atoms with Gasteiger partial charge in [-0.15, -0.1) is 0 Å². The lowest BCUT2D eigenvalue weighted by molar-refractivity contribution is -0.120. The fourth-order valence-electron chi connectivity index (χ4n) is 3.20. The number of aromatic nitrogens is 1. The molecule has 1 amide bonds. The number of nitrogens with zero attached hydrogens (tertiary/aromatic N) is 2. The first-order valence-corrected chi connectivity index (χ1v) is 9.49. The molecule has 27 heavy (non-hydrogen) atoms. The van der Waals surface area contributed by atoms with Crippen LogP contribution in [0.4, 0.5) is 15.2 Å². The highest BCUT2D eigenvalue weighted by Crippen LogP contribution is 2.35. The zero-order chi connectivity index (χ0) is 18.4. The van der Waals surface area contributed by atoms with Crippen molar-refractivity contribution in [1.29, 1.82) is 0 Å². The molecule has 2 aromatic carbocycles. The van der Waals surface area contributed by atoms with Crippen LogP contribution in [0.1, 0.15) is 0 Å². The maximum Gasteiger partial charge on any atom is 0.231 e. The third-order valence-electron chi connectivity index (χ3n) is 4.69. The molecule has 0 radical (unpaired) electrons. The second kappa shape index (κ2) is 6.38. The van der Waals surface area contributed by atoms with E-state index in [4.69, 9.17) is 9.47 Å². The number of carbonyl (C=O) groups excluding carboxylic acids is 1. The van der Waals surface area contributed by atoms with E-state index in [1.54, 1.807) is 24.3 Å².